The Morgan fingerprint density at radius 2 is 1.94 bits per heavy atom. The van der Waals surface area contributed by atoms with E-state index in [2.05, 4.69) is 0 Å². The van der Waals surface area contributed by atoms with Gasteiger partial charge in [-0.2, -0.15) is 0 Å². The summed E-state index contributed by atoms with van der Waals surface area (Å²) in [4.78, 5) is 26.4. The molecule has 1 atom stereocenters. The fourth-order valence-electron chi connectivity index (χ4n) is 1.81. The van der Waals surface area contributed by atoms with E-state index in [0.29, 0.717) is 13.1 Å². The molecule has 1 heterocycles. The van der Waals surface area contributed by atoms with Gasteiger partial charge in [0.1, 0.15) is 5.60 Å². The van der Waals surface area contributed by atoms with Gasteiger partial charge in [0.25, 0.3) is 0 Å². The van der Waals surface area contributed by atoms with Gasteiger partial charge < -0.3 is 14.5 Å². The van der Waals surface area contributed by atoms with Crippen molar-refractivity contribution in [2.75, 3.05) is 20.1 Å². The van der Waals surface area contributed by atoms with E-state index in [1.54, 1.807) is 16.8 Å². The molecule has 0 aromatic heterocycles. The lowest BCUT2D eigenvalue weighted by molar-refractivity contribution is -0.129. The lowest BCUT2D eigenvalue weighted by atomic mass is 10.2. The van der Waals surface area contributed by atoms with Crippen molar-refractivity contribution in [3.8, 4) is 0 Å². The summed E-state index contributed by atoms with van der Waals surface area (Å²) in [5.41, 5.74) is -0.471. The molecule has 98 valence electrons. The summed E-state index contributed by atoms with van der Waals surface area (Å²) in [7, 11) is 1.77. The summed E-state index contributed by atoms with van der Waals surface area (Å²) in [6, 6.07) is 0.111. The minimum Gasteiger partial charge on any atom is -0.444 e. The van der Waals surface area contributed by atoms with Gasteiger partial charge in [0.15, 0.2) is 0 Å². The van der Waals surface area contributed by atoms with E-state index in [9.17, 15) is 9.59 Å². The van der Waals surface area contributed by atoms with Crippen LogP contribution in [0.4, 0.5) is 4.79 Å². The number of carbonyl (C=O) groups is 2. The molecule has 1 rings (SSSR count). The van der Waals surface area contributed by atoms with E-state index >= 15 is 0 Å². The normalized spacial score (nSPS) is 20.3. The van der Waals surface area contributed by atoms with Crippen LogP contribution in [0.15, 0.2) is 0 Å². The van der Waals surface area contributed by atoms with Crippen LogP contribution in [0.3, 0.4) is 0 Å². The summed E-state index contributed by atoms with van der Waals surface area (Å²) in [6.45, 7) is 8.29. The maximum atomic E-state index is 11.8. The molecule has 1 saturated heterocycles. The Labute approximate surface area is 103 Å². The summed E-state index contributed by atoms with van der Waals surface area (Å²) in [5, 5.41) is 0. The molecule has 2 amide bonds. The molecule has 1 fully saturated rings. The van der Waals surface area contributed by atoms with Crippen molar-refractivity contribution in [2.45, 2.75) is 45.8 Å². The quantitative estimate of drug-likeness (QED) is 0.699. The highest BCUT2D eigenvalue weighted by Gasteiger charge is 2.32. The second kappa shape index (κ2) is 4.94. The summed E-state index contributed by atoms with van der Waals surface area (Å²) < 4.78 is 5.29. The van der Waals surface area contributed by atoms with E-state index in [-0.39, 0.29) is 18.0 Å². The summed E-state index contributed by atoms with van der Waals surface area (Å²) in [6.07, 6.45) is 0.520. The topological polar surface area (TPSA) is 49.9 Å². The first-order valence-electron chi connectivity index (χ1n) is 5.92. The van der Waals surface area contributed by atoms with Crippen molar-refractivity contribution >= 4 is 12.0 Å². The van der Waals surface area contributed by atoms with Gasteiger partial charge in [0.2, 0.25) is 5.91 Å². The second-order valence-corrected chi connectivity index (χ2v) is 5.50. The molecule has 0 saturated carbocycles. The van der Waals surface area contributed by atoms with Gasteiger partial charge in [-0.25, -0.2) is 4.79 Å². The maximum absolute atomic E-state index is 11.8. The number of carbonyl (C=O) groups excluding carboxylic acids is 2. The van der Waals surface area contributed by atoms with Crippen LogP contribution in [0.2, 0.25) is 0 Å². The first-order valence-corrected chi connectivity index (χ1v) is 5.92. The molecule has 0 radical (unpaired) electrons. The van der Waals surface area contributed by atoms with Gasteiger partial charge >= 0.3 is 6.09 Å². The van der Waals surface area contributed by atoms with Gasteiger partial charge in [-0.1, -0.05) is 0 Å². The molecule has 0 spiro atoms. The molecule has 17 heavy (non-hydrogen) atoms. The summed E-state index contributed by atoms with van der Waals surface area (Å²) >= 11 is 0. The average molecular weight is 242 g/mol. The highest BCUT2D eigenvalue weighted by Crippen LogP contribution is 2.18. The number of likely N-dealkylation sites (tertiary alicyclic amines) is 1. The lowest BCUT2D eigenvalue weighted by Gasteiger charge is -2.26. The Balaban J connectivity index is 2.50. The Morgan fingerprint density at radius 1 is 1.35 bits per heavy atom. The molecule has 0 aromatic carbocycles. The highest BCUT2D eigenvalue weighted by atomic mass is 16.6. The number of hydrogen-bond acceptors (Lipinski definition) is 3. The van der Waals surface area contributed by atoms with Gasteiger partial charge in [0, 0.05) is 27.1 Å². The molecule has 0 unspecified atom stereocenters. The molecule has 5 nitrogen and oxygen atoms in total. The monoisotopic (exact) mass is 242 g/mol. The zero-order valence-electron chi connectivity index (χ0n) is 11.3. The Morgan fingerprint density at radius 3 is 2.41 bits per heavy atom. The van der Waals surface area contributed by atoms with Crippen molar-refractivity contribution in [1.29, 1.82) is 0 Å². The van der Waals surface area contributed by atoms with Crippen molar-refractivity contribution in [2.24, 2.45) is 0 Å². The van der Waals surface area contributed by atoms with Crippen LogP contribution in [-0.2, 0) is 9.53 Å². The number of rotatable bonds is 1. The standard InChI is InChI=1S/C12H22N2O3/c1-9(15)13(5)10-6-7-14(8-10)11(16)17-12(2,3)4/h10H,6-8H2,1-5H3/t10-/m0/s1. The lowest BCUT2D eigenvalue weighted by Crippen LogP contribution is -2.40. The van der Waals surface area contributed by atoms with Crippen LogP contribution in [0.1, 0.15) is 34.1 Å². The number of ether oxygens (including phenoxy) is 1. The van der Waals surface area contributed by atoms with Crippen LogP contribution >= 0.6 is 0 Å². The molecule has 0 aromatic rings. The van der Waals surface area contributed by atoms with E-state index in [1.165, 1.54) is 6.92 Å². The van der Waals surface area contributed by atoms with Gasteiger partial charge in [0.05, 0.1) is 6.04 Å². The van der Waals surface area contributed by atoms with Gasteiger partial charge in [-0.05, 0) is 27.2 Å². The van der Waals surface area contributed by atoms with Crippen molar-refractivity contribution < 1.29 is 14.3 Å². The molecule has 5 heteroatoms. The predicted molar refractivity (Wildman–Crippen MR) is 64.7 cm³/mol. The third-order valence-electron chi connectivity index (χ3n) is 2.86. The van der Waals surface area contributed by atoms with Gasteiger partial charge in [-0.3, -0.25) is 4.79 Å². The number of nitrogens with zero attached hydrogens (tertiary/aromatic N) is 2. The van der Waals surface area contributed by atoms with Gasteiger partial charge in [-0.15, -0.1) is 0 Å². The molecule has 0 aliphatic carbocycles. The van der Waals surface area contributed by atoms with E-state index in [0.717, 1.165) is 6.42 Å². The molecular formula is C12H22N2O3. The molecule has 0 bridgehead atoms. The number of hydrogen-bond donors (Lipinski definition) is 0. The predicted octanol–water partition coefficient (Wildman–Crippen LogP) is 1.47. The van der Waals surface area contributed by atoms with Crippen LogP contribution in [0, 0.1) is 0 Å². The Hall–Kier alpha value is -1.26. The van der Waals surface area contributed by atoms with Crippen molar-refractivity contribution in [1.82, 2.24) is 9.80 Å². The fourth-order valence-corrected chi connectivity index (χ4v) is 1.81. The third-order valence-corrected chi connectivity index (χ3v) is 2.86. The molecule has 0 N–H and O–H groups in total. The van der Waals surface area contributed by atoms with E-state index < -0.39 is 5.60 Å². The minimum absolute atomic E-state index is 0.0287. The fraction of sp³-hybridized carbons (Fsp3) is 0.833. The second-order valence-electron chi connectivity index (χ2n) is 5.50. The third kappa shape index (κ3) is 3.91. The van der Waals surface area contributed by atoms with Crippen LogP contribution in [0.25, 0.3) is 0 Å². The Kier molecular flexibility index (Phi) is 4.01. The SMILES string of the molecule is CC(=O)N(C)[C@H]1CCN(C(=O)OC(C)(C)C)C1. The van der Waals surface area contributed by atoms with Crippen LogP contribution in [0.5, 0.6) is 0 Å². The summed E-state index contributed by atoms with van der Waals surface area (Å²) in [5.74, 6) is 0.0287. The molecule has 1 aliphatic rings. The van der Waals surface area contributed by atoms with Crippen molar-refractivity contribution in [3.05, 3.63) is 0 Å². The Bertz CT molecular complexity index is 309. The number of amides is 2. The first kappa shape index (κ1) is 13.8. The largest absolute Gasteiger partial charge is 0.444 e. The average Bonchev–Trinajstić information content (AvgIpc) is 2.62. The zero-order valence-corrected chi connectivity index (χ0v) is 11.3. The molecule has 1 aliphatic heterocycles. The highest BCUT2D eigenvalue weighted by molar-refractivity contribution is 5.74. The molecular weight excluding hydrogens is 220 g/mol. The van der Waals surface area contributed by atoms with Crippen molar-refractivity contribution in [3.63, 3.8) is 0 Å². The minimum atomic E-state index is -0.471. The van der Waals surface area contributed by atoms with E-state index in [1.807, 2.05) is 20.8 Å². The van der Waals surface area contributed by atoms with E-state index in [4.69, 9.17) is 4.74 Å². The van der Waals surface area contributed by atoms with Crippen LogP contribution in [-0.4, -0.2) is 53.6 Å². The zero-order chi connectivity index (χ0) is 13.2. The maximum Gasteiger partial charge on any atom is 0.410 e. The smallest absolute Gasteiger partial charge is 0.410 e. The first-order chi connectivity index (χ1) is 7.70. The van der Waals surface area contributed by atoms with Crippen LogP contribution < -0.4 is 0 Å². The number of likely N-dealkylation sites (N-methyl/N-ethyl adjacent to an activating group) is 1.